The Labute approximate surface area is 117 Å². The molecule has 4 heteroatoms. The van der Waals surface area contributed by atoms with E-state index in [9.17, 15) is 4.79 Å². The number of piperidine rings is 1. The number of hydrogen-bond donors (Lipinski definition) is 1. The predicted molar refractivity (Wildman–Crippen MR) is 78.2 cm³/mol. The van der Waals surface area contributed by atoms with Crippen LogP contribution in [0.4, 0.5) is 0 Å². The Kier molecular flexibility index (Phi) is 6.80. The molecule has 0 saturated carbocycles. The zero-order valence-corrected chi connectivity index (χ0v) is 13.0. The van der Waals surface area contributed by atoms with Crippen LogP contribution in [-0.2, 0) is 9.53 Å². The van der Waals surface area contributed by atoms with Crippen LogP contribution >= 0.6 is 0 Å². The number of amides is 1. The van der Waals surface area contributed by atoms with E-state index in [-0.39, 0.29) is 5.41 Å². The molecule has 0 bridgehead atoms. The summed E-state index contributed by atoms with van der Waals surface area (Å²) in [4.78, 5) is 15.0. The van der Waals surface area contributed by atoms with Gasteiger partial charge in [-0.05, 0) is 45.7 Å². The van der Waals surface area contributed by atoms with Gasteiger partial charge < -0.3 is 15.0 Å². The van der Waals surface area contributed by atoms with Crippen LogP contribution in [-0.4, -0.2) is 50.2 Å². The van der Waals surface area contributed by atoms with Crippen molar-refractivity contribution in [2.45, 2.75) is 52.5 Å². The van der Waals surface area contributed by atoms with Crippen LogP contribution in [0.3, 0.4) is 0 Å². The number of nitrogens with zero attached hydrogens (tertiary/aromatic N) is 1. The molecule has 1 aliphatic heterocycles. The number of carbonyl (C=O) groups is 1. The summed E-state index contributed by atoms with van der Waals surface area (Å²) in [5.74, 6) is 0.336. The molecule has 1 amide bonds. The van der Waals surface area contributed by atoms with Crippen molar-refractivity contribution in [3.8, 4) is 0 Å². The minimum absolute atomic E-state index is 0.150. The van der Waals surface area contributed by atoms with E-state index in [0.717, 1.165) is 38.8 Å². The molecule has 0 aromatic carbocycles. The van der Waals surface area contributed by atoms with Gasteiger partial charge in [0.1, 0.15) is 0 Å². The molecule has 1 N–H and O–H groups in total. The molecule has 1 heterocycles. The summed E-state index contributed by atoms with van der Waals surface area (Å²) < 4.78 is 5.16. The van der Waals surface area contributed by atoms with Crippen molar-refractivity contribution in [2.75, 3.05) is 33.4 Å². The van der Waals surface area contributed by atoms with Gasteiger partial charge in [-0.1, -0.05) is 13.8 Å². The summed E-state index contributed by atoms with van der Waals surface area (Å²) >= 11 is 0. The average Bonchev–Trinajstić information content (AvgIpc) is 2.47. The fourth-order valence-corrected chi connectivity index (χ4v) is 2.86. The summed E-state index contributed by atoms with van der Waals surface area (Å²) in [5.41, 5.74) is -0.150. The lowest BCUT2D eigenvalue weighted by atomic mass is 9.75. The van der Waals surface area contributed by atoms with Crippen LogP contribution in [0.15, 0.2) is 0 Å². The molecule has 1 atom stereocenters. The Balaban J connectivity index is 2.82. The van der Waals surface area contributed by atoms with Crippen molar-refractivity contribution in [1.29, 1.82) is 0 Å². The van der Waals surface area contributed by atoms with Crippen LogP contribution in [0, 0.1) is 5.41 Å². The van der Waals surface area contributed by atoms with Gasteiger partial charge in [-0.15, -0.1) is 0 Å². The average molecular weight is 270 g/mol. The lowest BCUT2D eigenvalue weighted by Gasteiger charge is -2.41. The molecule has 0 radical (unpaired) electrons. The second kappa shape index (κ2) is 7.85. The summed E-state index contributed by atoms with van der Waals surface area (Å²) in [7, 11) is 1.69. The maximum atomic E-state index is 13.0. The van der Waals surface area contributed by atoms with Crippen LogP contribution in [0.25, 0.3) is 0 Å². The van der Waals surface area contributed by atoms with Crippen LogP contribution in [0.5, 0.6) is 0 Å². The molecule has 19 heavy (non-hydrogen) atoms. The Bertz CT molecular complexity index is 275. The minimum Gasteiger partial charge on any atom is -0.383 e. The highest BCUT2D eigenvalue weighted by Crippen LogP contribution is 2.35. The van der Waals surface area contributed by atoms with Gasteiger partial charge in [0.05, 0.1) is 12.0 Å². The fraction of sp³-hybridized carbons (Fsp3) is 0.933. The maximum absolute atomic E-state index is 13.0. The Morgan fingerprint density at radius 1 is 1.37 bits per heavy atom. The van der Waals surface area contributed by atoms with Crippen molar-refractivity contribution in [3.05, 3.63) is 0 Å². The molecule has 1 fully saturated rings. The van der Waals surface area contributed by atoms with E-state index in [1.807, 2.05) is 4.90 Å². The second-order valence-electron chi connectivity index (χ2n) is 5.63. The van der Waals surface area contributed by atoms with Crippen molar-refractivity contribution in [3.63, 3.8) is 0 Å². The molecule has 0 aromatic rings. The van der Waals surface area contributed by atoms with E-state index in [1.54, 1.807) is 7.11 Å². The summed E-state index contributed by atoms with van der Waals surface area (Å²) in [5, 5.41) is 3.36. The first-order valence-electron chi connectivity index (χ1n) is 7.62. The van der Waals surface area contributed by atoms with Crippen LogP contribution in [0.2, 0.25) is 0 Å². The summed E-state index contributed by atoms with van der Waals surface area (Å²) in [6.07, 6.45) is 3.85. The summed E-state index contributed by atoms with van der Waals surface area (Å²) in [6.45, 7) is 9.66. The normalized spacial score (nSPS) is 20.0. The lowest BCUT2D eigenvalue weighted by molar-refractivity contribution is -0.147. The van der Waals surface area contributed by atoms with Crippen molar-refractivity contribution >= 4 is 5.91 Å². The standard InChI is InChI=1S/C15H30N2O2/c1-5-13(3)17(11-12-19-4)14(18)15(6-2)7-9-16-10-8-15/h13,16H,5-12H2,1-4H3. The molecule has 1 saturated heterocycles. The highest BCUT2D eigenvalue weighted by atomic mass is 16.5. The van der Waals surface area contributed by atoms with Gasteiger partial charge in [0.25, 0.3) is 0 Å². The minimum atomic E-state index is -0.150. The topological polar surface area (TPSA) is 41.6 Å². The third kappa shape index (κ3) is 3.93. The van der Waals surface area contributed by atoms with Gasteiger partial charge in [0.15, 0.2) is 0 Å². The zero-order valence-electron chi connectivity index (χ0n) is 13.0. The van der Waals surface area contributed by atoms with Gasteiger partial charge in [0.2, 0.25) is 5.91 Å². The second-order valence-corrected chi connectivity index (χ2v) is 5.63. The fourth-order valence-electron chi connectivity index (χ4n) is 2.86. The Morgan fingerprint density at radius 3 is 2.47 bits per heavy atom. The van der Waals surface area contributed by atoms with Gasteiger partial charge in [-0.3, -0.25) is 4.79 Å². The van der Waals surface area contributed by atoms with Crippen molar-refractivity contribution in [2.24, 2.45) is 5.41 Å². The van der Waals surface area contributed by atoms with Crippen molar-refractivity contribution < 1.29 is 9.53 Å². The number of nitrogens with one attached hydrogen (secondary N) is 1. The number of rotatable bonds is 7. The molecule has 0 aliphatic carbocycles. The Morgan fingerprint density at radius 2 is 2.00 bits per heavy atom. The molecule has 4 nitrogen and oxygen atoms in total. The van der Waals surface area contributed by atoms with Crippen LogP contribution in [0.1, 0.15) is 46.5 Å². The van der Waals surface area contributed by atoms with Gasteiger partial charge in [-0.25, -0.2) is 0 Å². The van der Waals surface area contributed by atoms with E-state index < -0.39 is 0 Å². The number of carbonyl (C=O) groups excluding carboxylic acids is 1. The molecular weight excluding hydrogens is 240 g/mol. The monoisotopic (exact) mass is 270 g/mol. The number of ether oxygens (including phenoxy) is 1. The van der Waals surface area contributed by atoms with E-state index >= 15 is 0 Å². The first-order valence-corrected chi connectivity index (χ1v) is 7.62. The molecule has 1 aliphatic rings. The van der Waals surface area contributed by atoms with E-state index in [2.05, 4.69) is 26.1 Å². The van der Waals surface area contributed by atoms with Gasteiger partial charge in [-0.2, -0.15) is 0 Å². The molecule has 1 rings (SSSR count). The molecule has 112 valence electrons. The number of methoxy groups -OCH3 is 1. The quantitative estimate of drug-likeness (QED) is 0.770. The molecular formula is C15H30N2O2. The predicted octanol–water partition coefficient (Wildman–Crippen LogP) is 2.04. The molecule has 1 unspecified atom stereocenters. The first-order chi connectivity index (χ1) is 9.11. The highest BCUT2D eigenvalue weighted by Gasteiger charge is 2.41. The SMILES string of the molecule is CCC(C)N(CCOC)C(=O)C1(CC)CCNCC1. The third-order valence-electron chi connectivity index (χ3n) is 4.61. The third-order valence-corrected chi connectivity index (χ3v) is 4.61. The van der Waals surface area contributed by atoms with E-state index in [0.29, 0.717) is 25.1 Å². The van der Waals surface area contributed by atoms with Gasteiger partial charge in [0, 0.05) is 19.7 Å². The van der Waals surface area contributed by atoms with E-state index in [1.165, 1.54) is 0 Å². The smallest absolute Gasteiger partial charge is 0.229 e. The molecule has 0 aromatic heterocycles. The van der Waals surface area contributed by atoms with Crippen molar-refractivity contribution in [1.82, 2.24) is 10.2 Å². The number of hydrogen-bond acceptors (Lipinski definition) is 3. The maximum Gasteiger partial charge on any atom is 0.229 e. The lowest BCUT2D eigenvalue weighted by Crippen LogP contribution is -2.52. The highest BCUT2D eigenvalue weighted by molar-refractivity contribution is 5.83. The summed E-state index contributed by atoms with van der Waals surface area (Å²) in [6, 6.07) is 0.293. The van der Waals surface area contributed by atoms with Crippen LogP contribution < -0.4 is 5.32 Å². The Hall–Kier alpha value is -0.610. The first kappa shape index (κ1) is 16.4. The zero-order chi connectivity index (χ0) is 14.3. The largest absolute Gasteiger partial charge is 0.383 e. The molecule has 0 spiro atoms. The van der Waals surface area contributed by atoms with Gasteiger partial charge >= 0.3 is 0 Å². The van der Waals surface area contributed by atoms with E-state index in [4.69, 9.17) is 4.74 Å².